The summed E-state index contributed by atoms with van der Waals surface area (Å²) >= 11 is 7.91. The van der Waals surface area contributed by atoms with Gasteiger partial charge >= 0.3 is 0 Å². The largest absolute Gasteiger partial charge is 0.444 e. The number of nitrogens with one attached hydrogen (secondary N) is 2. The van der Waals surface area contributed by atoms with Crippen molar-refractivity contribution in [1.29, 1.82) is 0 Å². The number of aliphatic imine (C=N–C) groups is 1. The molecule has 0 aliphatic heterocycles. The molecule has 0 radical (unpaired) electrons. The molecule has 1 aromatic carbocycles. The number of benzene rings is 1. The minimum atomic E-state index is -0.493. The first kappa shape index (κ1) is 21.2. The lowest BCUT2D eigenvalue weighted by atomic mass is 10.2. The lowest BCUT2D eigenvalue weighted by Crippen LogP contribution is -2.28. The fraction of sp³-hybridized carbons (Fsp3) is 0.300. The lowest BCUT2D eigenvalue weighted by molar-refractivity contribution is 0.0998. The number of fused-ring (bicyclic) bond motifs is 1. The van der Waals surface area contributed by atoms with Gasteiger partial charge in [-0.05, 0) is 43.4 Å². The minimum absolute atomic E-state index is 0.0375. The molecule has 9 heteroatoms. The first-order chi connectivity index (χ1) is 13.9. The van der Waals surface area contributed by atoms with Gasteiger partial charge in [-0.1, -0.05) is 25.4 Å². The van der Waals surface area contributed by atoms with Gasteiger partial charge in [0.15, 0.2) is 16.8 Å². The topological polar surface area (TPSA) is 95.7 Å². The van der Waals surface area contributed by atoms with Crippen LogP contribution in [0.5, 0.6) is 10.8 Å². The molecule has 154 valence electrons. The zero-order valence-electron chi connectivity index (χ0n) is 16.6. The normalized spacial score (nSPS) is 12.0. The highest BCUT2D eigenvalue weighted by atomic mass is 35.5. The van der Waals surface area contributed by atoms with Crippen molar-refractivity contribution in [2.45, 2.75) is 20.4 Å². The molecule has 0 spiro atoms. The molecule has 4 N–H and O–H groups in total. The summed E-state index contributed by atoms with van der Waals surface area (Å²) in [5.41, 5.74) is 6.49. The molecule has 29 heavy (non-hydrogen) atoms. The number of rotatable bonds is 7. The van der Waals surface area contributed by atoms with Crippen molar-refractivity contribution in [2.24, 2.45) is 10.7 Å². The molecule has 1 amide bonds. The Bertz CT molecular complexity index is 1040. The Hall–Kier alpha value is -2.55. The number of amides is 1. The summed E-state index contributed by atoms with van der Waals surface area (Å²) in [5, 5.41) is 4.59. The SMILES string of the molecule is CCN(CC)Cc1ccc(Oc2ccc(Cl)c3cc(C(=O)N=C(N)NC)[nH]c23)s1. The highest BCUT2D eigenvalue weighted by molar-refractivity contribution is 7.13. The Morgan fingerprint density at radius 2 is 2.07 bits per heavy atom. The molecule has 0 unspecified atom stereocenters. The molecule has 2 heterocycles. The number of nitrogens with zero attached hydrogens (tertiary/aromatic N) is 2. The zero-order chi connectivity index (χ0) is 21.0. The number of hydrogen-bond acceptors (Lipinski definition) is 4. The number of nitrogens with two attached hydrogens (primary N) is 1. The number of halogens is 1. The van der Waals surface area contributed by atoms with Crippen LogP contribution in [0.3, 0.4) is 0 Å². The van der Waals surface area contributed by atoms with Crippen molar-refractivity contribution < 1.29 is 9.53 Å². The third kappa shape index (κ3) is 4.90. The van der Waals surface area contributed by atoms with E-state index in [0.29, 0.717) is 21.7 Å². The second kappa shape index (κ2) is 9.30. The third-order valence-corrected chi connectivity index (χ3v) is 5.81. The van der Waals surface area contributed by atoms with Gasteiger partial charge in [0.1, 0.15) is 5.69 Å². The fourth-order valence-corrected chi connectivity index (χ4v) is 3.98. The second-order valence-electron chi connectivity index (χ2n) is 6.35. The van der Waals surface area contributed by atoms with Crippen molar-refractivity contribution in [2.75, 3.05) is 20.1 Å². The highest BCUT2D eigenvalue weighted by Gasteiger charge is 2.16. The van der Waals surface area contributed by atoms with Crippen molar-refractivity contribution in [3.8, 4) is 10.8 Å². The van der Waals surface area contributed by atoms with E-state index in [9.17, 15) is 4.79 Å². The van der Waals surface area contributed by atoms with E-state index < -0.39 is 5.91 Å². The van der Waals surface area contributed by atoms with Gasteiger partial charge in [0.25, 0.3) is 5.91 Å². The molecular weight excluding hydrogens is 410 g/mol. The van der Waals surface area contributed by atoms with Crippen molar-refractivity contribution >= 4 is 45.7 Å². The maximum absolute atomic E-state index is 12.3. The Labute approximate surface area is 178 Å². The number of thiophene rings is 1. The summed E-state index contributed by atoms with van der Waals surface area (Å²) in [6.07, 6.45) is 0. The van der Waals surface area contributed by atoms with Crippen LogP contribution in [0.1, 0.15) is 29.2 Å². The molecule has 0 saturated carbocycles. The van der Waals surface area contributed by atoms with E-state index >= 15 is 0 Å². The number of carbonyl (C=O) groups is 1. The average molecular weight is 434 g/mol. The summed E-state index contributed by atoms with van der Waals surface area (Å²) in [5.74, 6) is 0.133. The predicted octanol–water partition coefficient (Wildman–Crippen LogP) is 4.19. The number of carbonyl (C=O) groups excluding carboxylic acids is 1. The lowest BCUT2D eigenvalue weighted by Gasteiger charge is -2.16. The van der Waals surface area contributed by atoms with Crippen LogP contribution in [0, 0.1) is 0 Å². The quantitative estimate of drug-likeness (QED) is 0.383. The van der Waals surface area contributed by atoms with Crippen LogP contribution in [0.15, 0.2) is 35.3 Å². The third-order valence-electron chi connectivity index (χ3n) is 4.53. The Kier molecular flexibility index (Phi) is 6.79. The van der Waals surface area contributed by atoms with Crippen LogP contribution in [0.2, 0.25) is 5.02 Å². The van der Waals surface area contributed by atoms with Crippen molar-refractivity contribution in [3.05, 3.63) is 45.9 Å². The Balaban J connectivity index is 1.88. The monoisotopic (exact) mass is 433 g/mol. The molecule has 7 nitrogen and oxygen atoms in total. The van der Waals surface area contributed by atoms with Crippen LogP contribution in [-0.4, -0.2) is 41.9 Å². The van der Waals surface area contributed by atoms with E-state index in [-0.39, 0.29) is 11.7 Å². The standard InChI is InChI=1S/C20H24ClN5O2S/c1-4-26(5-2)11-12-6-9-17(29-12)28-16-8-7-14(21)13-10-15(24-18(13)16)19(27)25-20(22)23-3/h6-10,24H,4-5,11H2,1-3H3,(H3,22,23,25,27). The van der Waals surface area contributed by atoms with Gasteiger partial charge in [0.2, 0.25) is 0 Å². The van der Waals surface area contributed by atoms with Crippen LogP contribution >= 0.6 is 22.9 Å². The molecule has 0 aliphatic rings. The molecule has 0 atom stereocenters. The minimum Gasteiger partial charge on any atom is -0.444 e. The summed E-state index contributed by atoms with van der Waals surface area (Å²) < 4.78 is 6.10. The van der Waals surface area contributed by atoms with E-state index in [4.69, 9.17) is 22.1 Å². The average Bonchev–Trinajstić information content (AvgIpc) is 3.36. The fourth-order valence-electron chi connectivity index (χ4n) is 2.86. The van der Waals surface area contributed by atoms with Gasteiger partial charge < -0.3 is 20.8 Å². The predicted molar refractivity (Wildman–Crippen MR) is 119 cm³/mol. The molecule has 0 fully saturated rings. The molecule has 3 aromatic rings. The van der Waals surface area contributed by atoms with Crippen molar-refractivity contribution in [1.82, 2.24) is 15.2 Å². The van der Waals surface area contributed by atoms with Gasteiger partial charge in [0, 0.05) is 23.9 Å². The van der Waals surface area contributed by atoms with E-state index in [1.54, 1.807) is 36.6 Å². The van der Waals surface area contributed by atoms with Gasteiger partial charge in [-0.3, -0.25) is 9.69 Å². The van der Waals surface area contributed by atoms with Crippen LogP contribution in [0.25, 0.3) is 10.9 Å². The second-order valence-corrected chi connectivity index (χ2v) is 7.89. The van der Waals surface area contributed by atoms with Gasteiger partial charge in [0.05, 0.1) is 10.5 Å². The Morgan fingerprint density at radius 1 is 1.31 bits per heavy atom. The zero-order valence-corrected chi connectivity index (χ0v) is 18.2. The molecule has 0 saturated heterocycles. The van der Waals surface area contributed by atoms with Crippen LogP contribution in [-0.2, 0) is 6.54 Å². The smallest absolute Gasteiger partial charge is 0.296 e. The summed E-state index contributed by atoms with van der Waals surface area (Å²) in [6.45, 7) is 7.20. The number of guanidine groups is 1. The maximum atomic E-state index is 12.3. The van der Waals surface area contributed by atoms with E-state index in [1.807, 2.05) is 6.07 Å². The van der Waals surface area contributed by atoms with E-state index in [0.717, 1.165) is 24.7 Å². The molecular formula is C20H24ClN5O2S. The number of aromatic nitrogens is 1. The molecule has 3 rings (SSSR count). The van der Waals surface area contributed by atoms with Gasteiger partial charge in [-0.2, -0.15) is 4.99 Å². The van der Waals surface area contributed by atoms with Crippen LogP contribution < -0.4 is 15.8 Å². The summed E-state index contributed by atoms with van der Waals surface area (Å²) in [4.78, 5) is 22.7. The first-order valence-electron chi connectivity index (χ1n) is 9.31. The number of H-pyrrole nitrogens is 1. The number of ether oxygens (including phenoxy) is 1. The number of aromatic amines is 1. The summed E-state index contributed by atoms with van der Waals surface area (Å²) in [7, 11) is 1.59. The van der Waals surface area contributed by atoms with Gasteiger partial charge in [-0.15, -0.1) is 11.3 Å². The van der Waals surface area contributed by atoms with E-state index in [2.05, 4.69) is 40.1 Å². The number of hydrogen-bond donors (Lipinski definition) is 3. The maximum Gasteiger partial charge on any atom is 0.296 e. The van der Waals surface area contributed by atoms with Crippen molar-refractivity contribution in [3.63, 3.8) is 0 Å². The van der Waals surface area contributed by atoms with Gasteiger partial charge in [-0.25, -0.2) is 0 Å². The Morgan fingerprint density at radius 3 is 2.76 bits per heavy atom. The first-order valence-corrected chi connectivity index (χ1v) is 10.5. The summed E-state index contributed by atoms with van der Waals surface area (Å²) in [6, 6.07) is 9.21. The molecule has 2 aromatic heterocycles. The molecule has 0 aliphatic carbocycles. The van der Waals surface area contributed by atoms with Crippen LogP contribution in [0.4, 0.5) is 0 Å². The molecule has 0 bridgehead atoms. The van der Waals surface area contributed by atoms with E-state index in [1.165, 1.54) is 4.88 Å². The highest BCUT2D eigenvalue weighted by Crippen LogP contribution is 2.37.